The maximum absolute atomic E-state index is 3.74. The highest BCUT2D eigenvalue weighted by Gasteiger charge is 1.97. The van der Waals surface area contributed by atoms with Gasteiger partial charge < -0.3 is 0 Å². The Bertz CT molecular complexity index is 120. The highest BCUT2D eigenvalue weighted by Crippen LogP contribution is 2.11. The van der Waals surface area contributed by atoms with Gasteiger partial charge >= 0.3 is 0 Å². The Morgan fingerprint density at radius 2 is 1.91 bits per heavy atom. The molecule has 0 spiro atoms. The number of hydrogen-bond acceptors (Lipinski definition) is 0. The van der Waals surface area contributed by atoms with Crippen molar-refractivity contribution in [2.45, 2.75) is 33.6 Å². The van der Waals surface area contributed by atoms with E-state index in [4.69, 9.17) is 0 Å². The van der Waals surface area contributed by atoms with E-state index in [0.29, 0.717) is 11.8 Å². The van der Waals surface area contributed by atoms with Gasteiger partial charge in [0.2, 0.25) is 0 Å². The maximum atomic E-state index is 3.74. The van der Waals surface area contributed by atoms with Gasteiger partial charge in [-0.3, -0.25) is 0 Å². The standard InChI is InChI=1S/C11H20/c1-5-7-11(6-2)9-8-10(3)4/h5,8-11H,1,6-7H2,2-4H3. The fourth-order valence-corrected chi connectivity index (χ4v) is 0.975. The average molecular weight is 152 g/mol. The molecule has 0 aliphatic heterocycles. The molecule has 0 amide bonds. The van der Waals surface area contributed by atoms with Crippen LogP contribution >= 0.6 is 0 Å². The van der Waals surface area contributed by atoms with Crippen LogP contribution in [-0.4, -0.2) is 0 Å². The van der Waals surface area contributed by atoms with E-state index in [1.54, 1.807) is 0 Å². The van der Waals surface area contributed by atoms with Gasteiger partial charge in [0.15, 0.2) is 0 Å². The molecule has 0 heterocycles. The van der Waals surface area contributed by atoms with Crippen LogP contribution in [0, 0.1) is 11.8 Å². The van der Waals surface area contributed by atoms with Crippen molar-refractivity contribution in [2.24, 2.45) is 11.8 Å². The third kappa shape index (κ3) is 5.90. The molecular formula is C11H20. The molecule has 1 atom stereocenters. The Labute approximate surface area is 71.0 Å². The smallest absolute Gasteiger partial charge is 0.0202 e. The normalized spacial score (nSPS) is 14.2. The van der Waals surface area contributed by atoms with Crippen molar-refractivity contribution < 1.29 is 0 Å². The second kappa shape index (κ2) is 6.21. The lowest BCUT2D eigenvalue weighted by molar-refractivity contribution is 0.631. The van der Waals surface area contributed by atoms with Gasteiger partial charge in [-0.25, -0.2) is 0 Å². The van der Waals surface area contributed by atoms with E-state index in [9.17, 15) is 0 Å². The monoisotopic (exact) mass is 152 g/mol. The molecule has 0 radical (unpaired) electrons. The number of allylic oxidation sites excluding steroid dienone is 3. The molecule has 0 rings (SSSR count). The molecule has 0 saturated carbocycles. The zero-order chi connectivity index (χ0) is 8.69. The van der Waals surface area contributed by atoms with Gasteiger partial charge in [-0.1, -0.05) is 39.0 Å². The third-order valence-electron chi connectivity index (χ3n) is 1.76. The van der Waals surface area contributed by atoms with Gasteiger partial charge in [0.05, 0.1) is 0 Å². The minimum Gasteiger partial charge on any atom is -0.103 e. The number of rotatable bonds is 5. The average Bonchev–Trinajstić information content (AvgIpc) is 1.97. The van der Waals surface area contributed by atoms with Crippen LogP contribution in [0.1, 0.15) is 33.6 Å². The molecule has 0 aliphatic carbocycles. The molecule has 11 heavy (non-hydrogen) atoms. The first-order valence-electron chi connectivity index (χ1n) is 4.49. The maximum Gasteiger partial charge on any atom is -0.0202 e. The predicted octanol–water partition coefficient (Wildman–Crippen LogP) is 3.80. The van der Waals surface area contributed by atoms with E-state index in [0.717, 1.165) is 6.42 Å². The van der Waals surface area contributed by atoms with E-state index < -0.39 is 0 Å². The van der Waals surface area contributed by atoms with Gasteiger partial charge in [0.1, 0.15) is 0 Å². The summed E-state index contributed by atoms with van der Waals surface area (Å²) in [7, 11) is 0. The fraction of sp³-hybridized carbons (Fsp3) is 0.636. The highest BCUT2D eigenvalue weighted by atomic mass is 14.0. The van der Waals surface area contributed by atoms with Gasteiger partial charge in [-0.2, -0.15) is 0 Å². The van der Waals surface area contributed by atoms with Gasteiger partial charge in [-0.15, -0.1) is 6.58 Å². The molecule has 0 fully saturated rings. The zero-order valence-electron chi connectivity index (χ0n) is 8.01. The first kappa shape index (κ1) is 10.5. The van der Waals surface area contributed by atoms with Crippen molar-refractivity contribution in [1.29, 1.82) is 0 Å². The third-order valence-corrected chi connectivity index (χ3v) is 1.76. The summed E-state index contributed by atoms with van der Waals surface area (Å²) in [6, 6.07) is 0. The summed E-state index contributed by atoms with van der Waals surface area (Å²) in [5.41, 5.74) is 0. The first-order valence-corrected chi connectivity index (χ1v) is 4.49. The summed E-state index contributed by atoms with van der Waals surface area (Å²) in [4.78, 5) is 0. The lowest BCUT2D eigenvalue weighted by atomic mass is 10.0. The fourth-order valence-electron chi connectivity index (χ4n) is 0.975. The van der Waals surface area contributed by atoms with E-state index in [2.05, 4.69) is 39.5 Å². The van der Waals surface area contributed by atoms with E-state index in [-0.39, 0.29) is 0 Å². The summed E-state index contributed by atoms with van der Waals surface area (Å²) < 4.78 is 0. The molecule has 0 aromatic rings. The Morgan fingerprint density at radius 3 is 2.27 bits per heavy atom. The second-order valence-corrected chi connectivity index (χ2v) is 3.32. The van der Waals surface area contributed by atoms with Crippen molar-refractivity contribution in [3.8, 4) is 0 Å². The summed E-state index contributed by atoms with van der Waals surface area (Å²) in [6.45, 7) is 10.4. The summed E-state index contributed by atoms with van der Waals surface area (Å²) in [6.07, 6.45) is 8.91. The van der Waals surface area contributed by atoms with Gasteiger partial charge in [0.25, 0.3) is 0 Å². The lowest BCUT2D eigenvalue weighted by Crippen LogP contribution is -1.92. The quantitative estimate of drug-likeness (QED) is 0.526. The Hall–Kier alpha value is -0.520. The topological polar surface area (TPSA) is 0 Å². The zero-order valence-corrected chi connectivity index (χ0v) is 8.01. The van der Waals surface area contributed by atoms with E-state index in [1.165, 1.54) is 6.42 Å². The molecule has 0 bridgehead atoms. The van der Waals surface area contributed by atoms with Crippen molar-refractivity contribution in [3.05, 3.63) is 24.8 Å². The molecular weight excluding hydrogens is 132 g/mol. The Kier molecular flexibility index (Phi) is 5.91. The minimum absolute atomic E-state index is 0.675. The second-order valence-electron chi connectivity index (χ2n) is 3.32. The van der Waals surface area contributed by atoms with Crippen LogP contribution in [0.15, 0.2) is 24.8 Å². The van der Waals surface area contributed by atoms with Crippen LogP contribution in [0.3, 0.4) is 0 Å². The van der Waals surface area contributed by atoms with Crippen LogP contribution in [0.5, 0.6) is 0 Å². The van der Waals surface area contributed by atoms with Gasteiger partial charge in [-0.05, 0) is 24.7 Å². The number of hydrogen-bond donors (Lipinski definition) is 0. The molecule has 0 heteroatoms. The van der Waals surface area contributed by atoms with E-state index in [1.807, 2.05) is 6.08 Å². The van der Waals surface area contributed by atoms with E-state index >= 15 is 0 Å². The molecule has 1 unspecified atom stereocenters. The summed E-state index contributed by atoms with van der Waals surface area (Å²) >= 11 is 0. The van der Waals surface area contributed by atoms with Crippen molar-refractivity contribution >= 4 is 0 Å². The highest BCUT2D eigenvalue weighted by molar-refractivity contribution is 4.92. The summed E-state index contributed by atoms with van der Waals surface area (Å²) in [5.74, 6) is 1.38. The lowest BCUT2D eigenvalue weighted by Gasteiger charge is -2.06. The van der Waals surface area contributed by atoms with Crippen molar-refractivity contribution in [2.75, 3.05) is 0 Å². The Morgan fingerprint density at radius 1 is 1.27 bits per heavy atom. The minimum atomic E-state index is 0.675. The molecule has 0 aromatic carbocycles. The van der Waals surface area contributed by atoms with Crippen LogP contribution in [0.2, 0.25) is 0 Å². The molecule has 0 saturated heterocycles. The molecule has 0 nitrogen and oxygen atoms in total. The van der Waals surface area contributed by atoms with Crippen molar-refractivity contribution in [1.82, 2.24) is 0 Å². The van der Waals surface area contributed by atoms with Crippen LogP contribution < -0.4 is 0 Å². The predicted molar refractivity (Wildman–Crippen MR) is 52.6 cm³/mol. The van der Waals surface area contributed by atoms with Crippen LogP contribution in [0.25, 0.3) is 0 Å². The van der Waals surface area contributed by atoms with Crippen molar-refractivity contribution in [3.63, 3.8) is 0 Å². The SMILES string of the molecule is C=CCC(C=CC(C)C)CC. The Balaban J connectivity index is 3.75. The van der Waals surface area contributed by atoms with Crippen LogP contribution in [-0.2, 0) is 0 Å². The molecule has 64 valence electrons. The summed E-state index contributed by atoms with van der Waals surface area (Å²) in [5, 5.41) is 0. The molecule has 0 aromatic heterocycles. The molecule has 0 aliphatic rings. The first-order chi connectivity index (χ1) is 5.20. The molecule has 0 N–H and O–H groups in total. The van der Waals surface area contributed by atoms with Gasteiger partial charge in [0, 0.05) is 0 Å². The largest absolute Gasteiger partial charge is 0.103 e. The van der Waals surface area contributed by atoms with Crippen LogP contribution in [0.4, 0.5) is 0 Å².